The van der Waals surface area contributed by atoms with Gasteiger partial charge < -0.3 is 5.11 Å². The molecule has 0 spiro atoms. The monoisotopic (exact) mass is 409 g/mol. The van der Waals surface area contributed by atoms with Crippen molar-refractivity contribution < 1.29 is 13.9 Å². The van der Waals surface area contributed by atoms with Crippen LogP contribution in [0.15, 0.2) is 67.3 Å². The topological polar surface area (TPSA) is 67.1 Å². The van der Waals surface area contributed by atoms with E-state index in [4.69, 9.17) is 0 Å². The molecule has 0 radical (unpaired) electrons. The molecule has 6 nitrogen and oxygen atoms in total. The van der Waals surface area contributed by atoms with Crippen molar-refractivity contribution in [3.05, 3.63) is 90.1 Å². The molecule has 0 saturated carbocycles. The van der Waals surface area contributed by atoms with Gasteiger partial charge in [0.1, 0.15) is 29.9 Å². The highest BCUT2D eigenvalue weighted by atomic mass is 19.1. The van der Waals surface area contributed by atoms with Crippen LogP contribution in [0.1, 0.15) is 11.3 Å². The van der Waals surface area contributed by atoms with Crippen LogP contribution in [-0.4, -0.2) is 43.3 Å². The average Bonchev–Trinajstić information content (AvgIpc) is 3.20. The molecule has 0 amide bonds. The molecule has 8 heteroatoms. The van der Waals surface area contributed by atoms with Crippen molar-refractivity contribution in [2.24, 2.45) is 0 Å². The Balaban J connectivity index is 1.59. The van der Waals surface area contributed by atoms with E-state index in [0.29, 0.717) is 6.54 Å². The Bertz CT molecular complexity index is 1150. The highest BCUT2D eigenvalue weighted by molar-refractivity contribution is 5.78. The van der Waals surface area contributed by atoms with Gasteiger partial charge in [-0.1, -0.05) is 30.3 Å². The fourth-order valence-electron chi connectivity index (χ4n) is 3.64. The van der Waals surface area contributed by atoms with Gasteiger partial charge in [0, 0.05) is 30.1 Å². The first-order valence-corrected chi connectivity index (χ1v) is 9.46. The Morgan fingerprint density at radius 1 is 1.10 bits per heavy atom. The Morgan fingerprint density at radius 2 is 1.93 bits per heavy atom. The molecule has 0 aliphatic carbocycles. The minimum Gasteiger partial charge on any atom is -0.382 e. The third-order valence-electron chi connectivity index (χ3n) is 4.94. The second-order valence-electron chi connectivity index (χ2n) is 7.42. The number of hydrogen-bond acceptors (Lipinski definition) is 5. The number of para-hydroxylation sites is 1. The third-order valence-corrected chi connectivity index (χ3v) is 4.94. The van der Waals surface area contributed by atoms with E-state index in [1.54, 1.807) is 0 Å². The number of pyridine rings is 1. The second-order valence-corrected chi connectivity index (χ2v) is 7.42. The van der Waals surface area contributed by atoms with Crippen molar-refractivity contribution in [3.63, 3.8) is 0 Å². The fraction of sp³-hybridized carbons (Fsp3) is 0.227. The Kier molecular flexibility index (Phi) is 5.52. The summed E-state index contributed by atoms with van der Waals surface area (Å²) >= 11 is 0. The summed E-state index contributed by atoms with van der Waals surface area (Å²) in [6.07, 6.45) is 2.78. The molecule has 0 aliphatic rings. The van der Waals surface area contributed by atoms with E-state index < -0.39 is 17.2 Å². The zero-order valence-electron chi connectivity index (χ0n) is 16.4. The van der Waals surface area contributed by atoms with Gasteiger partial charge in [-0.2, -0.15) is 5.10 Å². The van der Waals surface area contributed by atoms with Gasteiger partial charge in [-0.15, -0.1) is 0 Å². The molecule has 1 unspecified atom stereocenters. The highest BCUT2D eigenvalue weighted by Crippen LogP contribution is 2.28. The van der Waals surface area contributed by atoms with Crippen LogP contribution in [0.3, 0.4) is 0 Å². The van der Waals surface area contributed by atoms with Gasteiger partial charge in [-0.05, 0) is 25.2 Å². The van der Waals surface area contributed by atoms with E-state index in [1.807, 2.05) is 48.3 Å². The zero-order valence-corrected chi connectivity index (χ0v) is 16.4. The number of rotatable bonds is 7. The van der Waals surface area contributed by atoms with Gasteiger partial charge in [-0.25, -0.2) is 18.4 Å². The summed E-state index contributed by atoms with van der Waals surface area (Å²) in [4.78, 5) is 10.4. The summed E-state index contributed by atoms with van der Waals surface area (Å²) in [6, 6.07) is 14.9. The predicted molar refractivity (Wildman–Crippen MR) is 108 cm³/mol. The molecule has 0 fully saturated rings. The summed E-state index contributed by atoms with van der Waals surface area (Å²) in [5.41, 5.74) is 0.0411. The van der Waals surface area contributed by atoms with E-state index in [2.05, 4.69) is 15.1 Å². The van der Waals surface area contributed by atoms with Crippen LogP contribution in [0.4, 0.5) is 8.78 Å². The summed E-state index contributed by atoms with van der Waals surface area (Å²) in [5.74, 6) is -1.51. The number of aromatic nitrogens is 4. The molecule has 4 aromatic rings. The second kappa shape index (κ2) is 8.25. The maximum absolute atomic E-state index is 14.6. The lowest BCUT2D eigenvalue weighted by Crippen LogP contribution is -2.43. The minimum absolute atomic E-state index is 0.00211. The zero-order chi connectivity index (χ0) is 21.1. The summed E-state index contributed by atoms with van der Waals surface area (Å²) in [5, 5.41) is 16.5. The summed E-state index contributed by atoms with van der Waals surface area (Å²) in [7, 11) is 1.81. The molecular weight excluding hydrogens is 388 g/mol. The highest BCUT2D eigenvalue weighted by Gasteiger charge is 2.35. The van der Waals surface area contributed by atoms with Crippen LogP contribution < -0.4 is 0 Å². The van der Waals surface area contributed by atoms with Crippen molar-refractivity contribution in [2.45, 2.75) is 18.7 Å². The maximum Gasteiger partial charge on any atom is 0.137 e. The number of hydrogen-bond donors (Lipinski definition) is 1. The molecule has 0 aliphatic heterocycles. The van der Waals surface area contributed by atoms with Crippen molar-refractivity contribution >= 4 is 10.9 Å². The molecule has 4 rings (SSSR count). The first-order chi connectivity index (χ1) is 14.4. The van der Waals surface area contributed by atoms with Crippen molar-refractivity contribution in [1.29, 1.82) is 0 Å². The normalized spacial score (nSPS) is 13.6. The lowest BCUT2D eigenvalue weighted by atomic mass is 9.92. The molecule has 154 valence electrons. The molecule has 30 heavy (non-hydrogen) atoms. The van der Waals surface area contributed by atoms with Crippen LogP contribution in [0, 0.1) is 11.6 Å². The van der Waals surface area contributed by atoms with Crippen molar-refractivity contribution in [3.8, 4) is 0 Å². The van der Waals surface area contributed by atoms with Gasteiger partial charge >= 0.3 is 0 Å². The SMILES string of the molecule is CN(Cc1ccc2ccccc2n1)CC(O)(Cn1cncn1)c1ccc(F)cc1F. The number of likely N-dealkylation sites (N-methyl/N-ethyl adjacent to an activating group) is 1. The van der Waals surface area contributed by atoms with E-state index in [1.165, 1.54) is 23.4 Å². The number of fused-ring (bicyclic) bond motifs is 1. The Labute approximate surface area is 172 Å². The number of benzene rings is 2. The Morgan fingerprint density at radius 3 is 2.70 bits per heavy atom. The molecule has 0 saturated heterocycles. The van der Waals surface area contributed by atoms with Crippen LogP contribution >= 0.6 is 0 Å². The largest absolute Gasteiger partial charge is 0.382 e. The first-order valence-electron chi connectivity index (χ1n) is 9.46. The summed E-state index contributed by atoms with van der Waals surface area (Å²) < 4.78 is 29.4. The molecule has 1 N–H and O–H groups in total. The minimum atomic E-state index is -1.66. The third kappa shape index (κ3) is 4.34. The molecular formula is C22H21F2N5O. The van der Waals surface area contributed by atoms with Gasteiger partial charge in [0.2, 0.25) is 0 Å². The maximum atomic E-state index is 14.6. The standard InChI is InChI=1S/C22H21F2N5O/c1-28(11-18-8-6-16-4-2-3-5-21(16)27-18)12-22(30,13-29-15-25-14-26-29)19-9-7-17(23)10-20(19)24/h2-10,14-15,30H,11-13H2,1H3. The van der Waals surface area contributed by atoms with Gasteiger partial charge in [-0.3, -0.25) is 9.88 Å². The predicted octanol–water partition coefficient (Wildman–Crippen LogP) is 3.12. The molecule has 0 bridgehead atoms. The van der Waals surface area contributed by atoms with Crippen LogP contribution in [0.25, 0.3) is 10.9 Å². The molecule has 2 aromatic heterocycles. The number of nitrogens with zero attached hydrogens (tertiary/aromatic N) is 5. The van der Waals surface area contributed by atoms with E-state index >= 15 is 0 Å². The molecule has 2 heterocycles. The Hall–Kier alpha value is -3.23. The lowest BCUT2D eigenvalue weighted by molar-refractivity contribution is -0.0176. The smallest absolute Gasteiger partial charge is 0.137 e. The quantitative estimate of drug-likeness (QED) is 0.508. The van der Waals surface area contributed by atoms with Gasteiger partial charge in [0.15, 0.2) is 0 Å². The fourth-order valence-corrected chi connectivity index (χ4v) is 3.64. The van der Waals surface area contributed by atoms with Crippen LogP contribution in [-0.2, 0) is 18.7 Å². The van der Waals surface area contributed by atoms with E-state index in [9.17, 15) is 13.9 Å². The molecule has 2 aromatic carbocycles. The van der Waals surface area contributed by atoms with Crippen LogP contribution in [0.5, 0.6) is 0 Å². The van der Waals surface area contributed by atoms with E-state index in [-0.39, 0.29) is 18.7 Å². The van der Waals surface area contributed by atoms with Gasteiger partial charge in [0.05, 0.1) is 17.8 Å². The van der Waals surface area contributed by atoms with Crippen LogP contribution in [0.2, 0.25) is 0 Å². The van der Waals surface area contributed by atoms with Crippen molar-refractivity contribution in [1.82, 2.24) is 24.6 Å². The van der Waals surface area contributed by atoms with Crippen molar-refractivity contribution in [2.75, 3.05) is 13.6 Å². The average molecular weight is 409 g/mol. The number of aliphatic hydroxyl groups is 1. The summed E-state index contributed by atoms with van der Waals surface area (Å²) in [6.45, 7) is 0.474. The lowest BCUT2D eigenvalue weighted by Gasteiger charge is -2.33. The number of halogens is 2. The first kappa shape index (κ1) is 20.1. The van der Waals surface area contributed by atoms with E-state index in [0.717, 1.165) is 28.7 Å². The molecule has 1 atom stereocenters. The van der Waals surface area contributed by atoms with Gasteiger partial charge in [0.25, 0.3) is 0 Å².